The number of furan rings is 1. The Morgan fingerprint density at radius 3 is 2.71 bits per heavy atom. The first kappa shape index (κ1) is 26.0. The van der Waals surface area contributed by atoms with E-state index in [4.69, 9.17) is 28.3 Å². The quantitative estimate of drug-likeness (QED) is 0.195. The van der Waals surface area contributed by atoms with E-state index in [0.29, 0.717) is 40.3 Å². The van der Waals surface area contributed by atoms with Crippen molar-refractivity contribution in [2.24, 2.45) is 0 Å². The van der Waals surface area contributed by atoms with Crippen molar-refractivity contribution >= 4 is 38.6 Å². The number of aromatic nitrogens is 4. The van der Waals surface area contributed by atoms with Crippen molar-refractivity contribution in [3.63, 3.8) is 0 Å². The fourth-order valence-corrected chi connectivity index (χ4v) is 7.15. The summed E-state index contributed by atoms with van der Waals surface area (Å²) in [6.45, 7) is 3.91. The number of imidazole rings is 1. The van der Waals surface area contributed by atoms with Gasteiger partial charge in [-0.25, -0.2) is 14.5 Å². The Morgan fingerprint density at radius 2 is 1.93 bits per heavy atom. The summed E-state index contributed by atoms with van der Waals surface area (Å²) >= 11 is 3.06. The lowest BCUT2D eigenvalue weighted by atomic mass is 9.74. The fraction of sp³-hybridized carbons (Fsp3) is 0.300. The third kappa shape index (κ3) is 4.73. The van der Waals surface area contributed by atoms with Gasteiger partial charge >= 0.3 is 0 Å². The summed E-state index contributed by atoms with van der Waals surface area (Å²) in [4.78, 5) is 10.5. The second-order valence-electron chi connectivity index (χ2n) is 10.1. The van der Waals surface area contributed by atoms with Gasteiger partial charge in [0.25, 0.3) is 5.19 Å². The largest absolute Gasteiger partial charge is 0.496 e. The number of hydrogen-bond donors (Lipinski definition) is 0. The lowest BCUT2D eigenvalue weighted by Gasteiger charge is -2.36. The minimum absolute atomic E-state index is 0.146. The highest BCUT2D eigenvalue weighted by Crippen LogP contribution is 2.43. The number of fused-ring (bicyclic) bond motifs is 2. The van der Waals surface area contributed by atoms with Crippen molar-refractivity contribution in [3.8, 4) is 28.1 Å². The zero-order valence-corrected chi connectivity index (χ0v) is 24.5. The normalized spacial score (nSPS) is 15.0. The van der Waals surface area contributed by atoms with Gasteiger partial charge in [0.15, 0.2) is 5.76 Å². The van der Waals surface area contributed by atoms with Gasteiger partial charge < -0.3 is 23.4 Å². The summed E-state index contributed by atoms with van der Waals surface area (Å²) in [6.07, 6.45) is 3.64. The molecule has 6 aromatic rings. The first-order valence-corrected chi connectivity index (χ1v) is 15.0. The molecular weight excluding hydrogens is 560 g/mol. The molecule has 0 N–H and O–H groups in total. The maximum atomic E-state index is 6.36. The molecule has 41 heavy (non-hydrogen) atoms. The molecule has 5 heterocycles. The Kier molecular flexibility index (Phi) is 6.64. The van der Waals surface area contributed by atoms with Gasteiger partial charge in [-0.2, -0.15) is 0 Å². The van der Waals surface area contributed by atoms with Crippen molar-refractivity contribution < 1.29 is 23.4 Å². The molecule has 0 bridgehead atoms. The maximum Gasteiger partial charge on any atom is 0.294 e. The zero-order valence-electron chi connectivity index (χ0n) is 22.9. The van der Waals surface area contributed by atoms with Crippen LogP contribution in [-0.2, 0) is 16.8 Å². The smallest absolute Gasteiger partial charge is 0.294 e. The number of rotatable bonds is 8. The minimum atomic E-state index is -0.146. The molecular formula is C30H28N4O5S2. The number of ether oxygens (including phenoxy) is 4. The predicted octanol–water partition coefficient (Wildman–Crippen LogP) is 6.66. The highest BCUT2D eigenvalue weighted by atomic mass is 32.1. The van der Waals surface area contributed by atoms with Crippen LogP contribution in [0.25, 0.3) is 27.4 Å². The topological polar surface area (TPSA) is 93.1 Å². The summed E-state index contributed by atoms with van der Waals surface area (Å²) in [5.41, 5.74) is 4.62. The van der Waals surface area contributed by atoms with Crippen LogP contribution in [0.5, 0.6) is 16.7 Å². The molecule has 0 radical (unpaired) electrons. The van der Waals surface area contributed by atoms with Crippen LogP contribution in [0.15, 0.2) is 58.5 Å². The van der Waals surface area contributed by atoms with Gasteiger partial charge in [0.2, 0.25) is 4.96 Å². The van der Waals surface area contributed by atoms with Crippen molar-refractivity contribution in [1.29, 1.82) is 0 Å². The minimum Gasteiger partial charge on any atom is -0.496 e. The third-order valence-electron chi connectivity index (χ3n) is 7.51. The van der Waals surface area contributed by atoms with Crippen LogP contribution < -0.4 is 14.2 Å². The molecule has 11 heteroatoms. The monoisotopic (exact) mass is 588 g/mol. The van der Waals surface area contributed by atoms with E-state index in [1.807, 2.05) is 24.4 Å². The number of methoxy groups -OCH3 is 2. The van der Waals surface area contributed by atoms with E-state index in [0.717, 1.165) is 47.1 Å². The second-order valence-corrected chi connectivity index (χ2v) is 11.8. The van der Waals surface area contributed by atoms with Gasteiger partial charge in [-0.15, -0.1) is 16.4 Å². The number of benzene rings is 2. The van der Waals surface area contributed by atoms with Crippen LogP contribution >= 0.6 is 22.7 Å². The molecule has 1 saturated heterocycles. The van der Waals surface area contributed by atoms with E-state index in [1.54, 1.807) is 30.1 Å². The Hall–Kier alpha value is -3.93. The molecule has 7 rings (SSSR count). The van der Waals surface area contributed by atoms with Gasteiger partial charge in [0, 0.05) is 30.7 Å². The van der Waals surface area contributed by atoms with Crippen molar-refractivity contribution in [2.75, 3.05) is 27.4 Å². The Balaban J connectivity index is 1.17. The molecule has 1 aliphatic heterocycles. The SMILES string of the molecule is COc1cc(OCc2csc(C3(c4cccc(C)c4)CCOCC3)n2)c2cc(-c3cn4nc(OC)sc4n3)oc2c1. The van der Waals surface area contributed by atoms with Crippen LogP contribution in [0.2, 0.25) is 0 Å². The van der Waals surface area contributed by atoms with Crippen LogP contribution in [0.4, 0.5) is 0 Å². The van der Waals surface area contributed by atoms with E-state index in [2.05, 4.69) is 46.7 Å². The van der Waals surface area contributed by atoms with Crippen molar-refractivity contribution in [1.82, 2.24) is 19.6 Å². The van der Waals surface area contributed by atoms with E-state index >= 15 is 0 Å². The molecule has 0 amide bonds. The van der Waals surface area contributed by atoms with Gasteiger partial charge in [-0.3, -0.25) is 0 Å². The molecule has 1 fully saturated rings. The molecule has 4 aromatic heterocycles. The molecule has 2 aromatic carbocycles. The highest BCUT2D eigenvalue weighted by molar-refractivity contribution is 7.18. The second kappa shape index (κ2) is 10.5. The standard InChI is InChI=1S/C30H28N4O5S2/c1-18-5-4-6-19(11-18)30(7-9-37-10-8-30)27-31-20(17-40-27)16-38-24-12-21(35-2)13-25-22(24)14-26(39-25)23-15-34-28(32-23)41-29(33-34)36-3/h4-6,11-15,17H,7-10,16H2,1-3H3. The average Bonchev–Trinajstić information content (AvgIpc) is 3.79. The van der Waals surface area contributed by atoms with Crippen LogP contribution in [0.1, 0.15) is 34.7 Å². The first-order valence-electron chi connectivity index (χ1n) is 13.3. The number of thiazole rings is 1. The Bertz CT molecular complexity index is 1810. The third-order valence-corrected chi connectivity index (χ3v) is 9.49. The van der Waals surface area contributed by atoms with Crippen LogP contribution in [0.3, 0.4) is 0 Å². The molecule has 0 unspecified atom stereocenters. The first-order chi connectivity index (χ1) is 20.0. The fourth-order valence-electron chi connectivity index (χ4n) is 5.36. The number of hydrogen-bond acceptors (Lipinski definition) is 10. The lowest BCUT2D eigenvalue weighted by molar-refractivity contribution is 0.0629. The van der Waals surface area contributed by atoms with Gasteiger partial charge in [-0.1, -0.05) is 29.8 Å². The van der Waals surface area contributed by atoms with Crippen LogP contribution in [-0.4, -0.2) is 47.0 Å². The van der Waals surface area contributed by atoms with Gasteiger partial charge in [0.05, 0.1) is 36.9 Å². The molecule has 0 aliphatic carbocycles. The molecule has 0 atom stereocenters. The summed E-state index contributed by atoms with van der Waals surface area (Å²) < 4.78 is 30.7. The summed E-state index contributed by atoms with van der Waals surface area (Å²) in [5.74, 6) is 1.92. The number of nitrogens with zero attached hydrogens (tertiary/aromatic N) is 4. The molecule has 210 valence electrons. The summed E-state index contributed by atoms with van der Waals surface area (Å²) in [5, 5.41) is 8.94. The van der Waals surface area contributed by atoms with E-state index in [9.17, 15) is 0 Å². The Morgan fingerprint density at radius 1 is 1.05 bits per heavy atom. The van der Waals surface area contributed by atoms with E-state index in [1.165, 1.54) is 22.5 Å². The van der Waals surface area contributed by atoms with Gasteiger partial charge in [-0.05, 0) is 42.7 Å². The lowest BCUT2D eigenvalue weighted by Crippen LogP contribution is -2.35. The average molecular weight is 589 g/mol. The Labute approximate surface area is 244 Å². The van der Waals surface area contributed by atoms with E-state index < -0.39 is 0 Å². The molecule has 0 spiro atoms. The molecule has 0 saturated carbocycles. The maximum absolute atomic E-state index is 6.36. The summed E-state index contributed by atoms with van der Waals surface area (Å²) in [6, 6.07) is 14.4. The zero-order chi connectivity index (χ0) is 28.0. The van der Waals surface area contributed by atoms with Crippen molar-refractivity contribution in [2.45, 2.75) is 31.8 Å². The van der Waals surface area contributed by atoms with E-state index in [-0.39, 0.29) is 5.41 Å². The highest BCUT2D eigenvalue weighted by Gasteiger charge is 2.39. The molecule has 1 aliphatic rings. The number of aryl methyl sites for hydroxylation is 1. The van der Waals surface area contributed by atoms with Crippen LogP contribution in [0, 0.1) is 6.92 Å². The van der Waals surface area contributed by atoms with Crippen molar-refractivity contribution in [3.05, 3.63) is 75.9 Å². The molecule has 9 nitrogen and oxygen atoms in total. The predicted molar refractivity (Wildman–Crippen MR) is 158 cm³/mol. The van der Waals surface area contributed by atoms with Gasteiger partial charge in [0.1, 0.15) is 34.4 Å². The summed E-state index contributed by atoms with van der Waals surface area (Å²) in [7, 11) is 3.22.